The van der Waals surface area contributed by atoms with Crippen LogP contribution in [-0.2, 0) is 17.8 Å². The first-order valence-electron chi connectivity index (χ1n) is 6.74. The van der Waals surface area contributed by atoms with Gasteiger partial charge in [-0.3, -0.25) is 4.79 Å². The summed E-state index contributed by atoms with van der Waals surface area (Å²) in [5, 5.41) is 2.95. The number of thiocarbonyl (C=S) groups is 1. The number of amides is 1. The molecule has 1 aromatic carbocycles. The molecule has 4 heteroatoms. The van der Waals surface area contributed by atoms with Crippen molar-refractivity contribution in [2.24, 2.45) is 11.1 Å². The molecule has 0 aliphatic heterocycles. The maximum atomic E-state index is 12.2. The van der Waals surface area contributed by atoms with Gasteiger partial charge >= 0.3 is 0 Å². The summed E-state index contributed by atoms with van der Waals surface area (Å²) in [5.41, 5.74) is 7.53. The van der Waals surface area contributed by atoms with E-state index in [0.717, 1.165) is 31.2 Å². The van der Waals surface area contributed by atoms with Crippen molar-refractivity contribution in [1.29, 1.82) is 0 Å². The molecular formula is C15H20N2OS. The van der Waals surface area contributed by atoms with Gasteiger partial charge in [0.2, 0.25) is 5.91 Å². The third-order valence-electron chi connectivity index (χ3n) is 4.00. The highest BCUT2D eigenvalue weighted by Crippen LogP contribution is 2.41. The summed E-state index contributed by atoms with van der Waals surface area (Å²) in [7, 11) is 0. The van der Waals surface area contributed by atoms with E-state index < -0.39 is 5.41 Å². The van der Waals surface area contributed by atoms with Crippen molar-refractivity contribution in [3.63, 3.8) is 0 Å². The van der Waals surface area contributed by atoms with Gasteiger partial charge in [-0.05, 0) is 30.4 Å². The lowest BCUT2D eigenvalue weighted by Crippen LogP contribution is -2.52. The van der Waals surface area contributed by atoms with Crippen LogP contribution in [0, 0.1) is 5.41 Å². The molecule has 102 valence electrons. The molecule has 2 rings (SSSR count). The molecule has 1 aromatic rings. The molecule has 0 unspecified atom stereocenters. The van der Waals surface area contributed by atoms with Crippen LogP contribution in [0.15, 0.2) is 24.3 Å². The number of carbonyl (C=O) groups is 1. The van der Waals surface area contributed by atoms with E-state index in [9.17, 15) is 4.79 Å². The second-order valence-corrected chi connectivity index (χ2v) is 5.59. The topological polar surface area (TPSA) is 55.1 Å². The zero-order valence-electron chi connectivity index (χ0n) is 11.2. The number of nitrogens with two attached hydrogens (primary N) is 1. The summed E-state index contributed by atoms with van der Waals surface area (Å²) in [6, 6.07) is 8.28. The summed E-state index contributed by atoms with van der Waals surface area (Å²) in [6.07, 6.45) is 3.61. The Balaban J connectivity index is 1.94. The monoisotopic (exact) mass is 276 g/mol. The lowest BCUT2D eigenvalue weighted by atomic mass is 9.68. The second kappa shape index (κ2) is 5.70. The highest BCUT2D eigenvalue weighted by atomic mass is 32.1. The van der Waals surface area contributed by atoms with E-state index in [1.54, 1.807) is 0 Å². The molecule has 0 atom stereocenters. The van der Waals surface area contributed by atoms with E-state index in [0.29, 0.717) is 11.5 Å². The summed E-state index contributed by atoms with van der Waals surface area (Å²) < 4.78 is 0. The van der Waals surface area contributed by atoms with Crippen LogP contribution in [0.2, 0.25) is 0 Å². The van der Waals surface area contributed by atoms with Crippen LogP contribution in [0.3, 0.4) is 0 Å². The zero-order chi connectivity index (χ0) is 13.9. The molecule has 1 fully saturated rings. The fraction of sp³-hybridized carbons (Fsp3) is 0.467. The lowest BCUT2D eigenvalue weighted by Gasteiger charge is -2.39. The summed E-state index contributed by atoms with van der Waals surface area (Å²) >= 11 is 5.04. The van der Waals surface area contributed by atoms with Gasteiger partial charge in [-0.25, -0.2) is 0 Å². The molecule has 0 spiro atoms. The number of hydrogen-bond donors (Lipinski definition) is 2. The van der Waals surface area contributed by atoms with Crippen LogP contribution in [0.1, 0.15) is 37.3 Å². The van der Waals surface area contributed by atoms with Crippen LogP contribution < -0.4 is 11.1 Å². The molecule has 0 bridgehead atoms. The molecule has 3 N–H and O–H groups in total. The van der Waals surface area contributed by atoms with Gasteiger partial charge in [-0.2, -0.15) is 0 Å². The molecule has 19 heavy (non-hydrogen) atoms. The van der Waals surface area contributed by atoms with Gasteiger partial charge in [0.1, 0.15) is 0 Å². The predicted octanol–water partition coefficient (Wildman–Crippen LogP) is 2.32. The van der Waals surface area contributed by atoms with E-state index >= 15 is 0 Å². The quantitative estimate of drug-likeness (QED) is 0.812. The minimum Gasteiger partial charge on any atom is -0.392 e. The third kappa shape index (κ3) is 2.78. The average Bonchev–Trinajstić information content (AvgIpc) is 2.35. The van der Waals surface area contributed by atoms with Gasteiger partial charge in [0.05, 0.1) is 10.4 Å². The fourth-order valence-electron chi connectivity index (χ4n) is 2.36. The number of nitrogens with one attached hydrogen (secondary N) is 1. The Bertz CT molecular complexity index is 477. The Morgan fingerprint density at radius 1 is 1.32 bits per heavy atom. The van der Waals surface area contributed by atoms with E-state index in [1.165, 1.54) is 5.56 Å². The highest BCUT2D eigenvalue weighted by molar-refractivity contribution is 7.80. The molecule has 1 amide bonds. The first kappa shape index (κ1) is 14.0. The van der Waals surface area contributed by atoms with Crippen LogP contribution in [0.25, 0.3) is 0 Å². The number of rotatable bonds is 5. The summed E-state index contributed by atoms with van der Waals surface area (Å²) in [4.78, 5) is 12.5. The Morgan fingerprint density at radius 2 is 1.89 bits per heavy atom. The largest absolute Gasteiger partial charge is 0.392 e. The molecule has 1 saturated carbocycles. The maximum absolute atomic E-state index is 12.2. The molecule has 0 heterocycles. The van der Waals surface area contributed by atoms with Crippen molar-refractivity contribution in [3.05, 3.63) is 35.4 Å². The van der Waals surface area contributed by atoms with E-state index in [4.69, 9.17) is 18.0 Å². The Hall–Kier alpha value is -1.42. The highest BCUT2D eigenvalue weighted by Gasteiger charge is 2.46. The normalized spacial score (nSPS) is 16.5. The molecule has 3 nitrogen and oxygen atoms in total. The minimum absolute atomic E-state index is 0.0224. The number of benzene rings is 1. The van der Waals surface area contributed by atoms with Crippen LogP contribution in [0.4, 0.5) is 0 Å². The van der Waals surface area contributed by atoms with Crippen LogP contribution in [-0.4, -0.2) is 10.9 Å². The predicted molar refractivity (Wildman–Crippen MR) is 80.7 cm³/mol. The van der Waals surface area contributed by atoms with Crippen molar-refractivity contribution in [1.82, 2.24) is 5.32 Å². The summed E-state index contributed by atoms with van der Waals surface area (Å²) in [6.45, 7) is 2.66. The number of carbonyl (C=O) groups excluding carboxylic acids is 1. The fourth-order valence-corrected chi connectivity index (χ4v) is 2.66. The van der Waals surface area contributed by atoms with Gasteiger partial charge in [0.25, 0.3) is 0 Å². The lowest BCUT2D eigenvalue weighted by molar-refractivity contribution is -0.131. The van der Waals surface area contributed by atoms with Gasteiger partial charge < -0.3 is 11.1 Å². The third-order valence-corrected chi connectivity index (χ3v) is 4.39. The molecule has 0 radical (unpaired) electrons. The molecule has 1 aliphatic rings. The first-order valence-corrected chi connectivity index (χ1v) is 7.15. The summed E-state index contributed by atoms with van der Waals surface area (Å²) in [5.74, 6) is -0.0224. The van der Waals surface area contributed by atoms with Gasteiger partial charge in [-0.1, -0.05) is 49.8 Å². The van der Waals surface area contributed by atoms with E-state index in [1.807, 2.05) is 12.1 Å². The van der Waals surface area contributed by atoms with Gasteiger partial charge in [-0.15, -0.1) is 0 Å². The van der Waals surface area contributed by atoms with Crippen molar-refractivity contribution < 1.29 is 4.79 Å². The Labute approximate surface area is 119 Å². The number of aryl methyl sites for hydroxylation is 1. The van der Waals surface area contributed by atoms with Crippen molar-refractivity contribution >= 4 is 23.1 Å². The SMILES string of the molecule is CCc1ccc(CNC(=O)C2(C(N)=S)CCC2)cc1. The van der Waals surface area contributed by atoms with Crippen molar-refractivity contribution in [3.8, 4) is 0 Å². The van der Waals surface area contributed by atoms with Crippen molar-refractivity contribution in [2.75, 3.05) is 0 Å². The number of hydrogen-bond acceptors (Lipinski definition) is 2. The first-order chi connectivity index (χ1) is 9.08. The second-order valence-electron chi connectivity index (χ2n) is 5.15. The van der Waals surface area contributed by atoms with E-state index in [-0.39, 0.29) is 5.91 Å². The smallest absolute Gasteiger partial charge is 0.233 e. The molecular weight excluding hydrogens is 256 g/mol. The standard InChI is InChI=1S/C15H20N2OS/c1-2-11-4-6-12(7-5-11)10-17-14(18)15(13(16)19)8-3-9-15/h4-7H,2-3,8-10H2,1H3,(H2,16,19)(H,17,18). The van der Waals surface area contributed by atoms with Gasteiger partial charge in [0, 0.05) is 6.54 Å². The molecule has 0 saturated heterocycles. The van der Waals surface area contributed by atoms with Gasteiger partial charge in [0.15, 0.2) is 0 Å². The molecule has 0 aromatic heterocycles. The van der Waals surface area contributed by atoms with Crippen LogP contribution in [0.5, 0.6) is 0 Å². The minimum atomic E-state index is -0.585. The Kier molecular flexibility index (Phi) is 4.20. The van der Waals surface area contributed by atoms with Crippen molar-refractivity contribution in [2.45, 2.75) is 39.2 Å². The Morgan fingerprint density at radius 3 is 2.32 bits per heavy atom. The zero-order valence-corrected chi connectivity index (χ0v) is 12.1. The van der Waals surface area contributed by atoms with E-state index in [2.05, 4.69) is 24.4 Å². The molecule has 1 aliphatic carbocycles. The van der Waals surface area contributed by atoms with Crippen LogP contribution >= 0.6 is 12.2 Å². The maximum Gasteiger partial charge on any atom is 0.233 e. The average molecular weight is 276 g/mol.